The summed E-state index contributed by atoms with van der Waals surface area (Å²) in [6.45, 7) is 8.25. The molecule has 1 aromatic heterocycles. The van der Waals surface area contributed by atoms with Gasteiger partial charge in [0.1, 0.15) is 6.33 Å². The molecule has 0 aliphatic heterocycles. The molecular formula is C25H28N4. The monoisotopic (exact) mass is 384 g/mol. The van der Waals surface area contributed by atoms with Crippen molar-refractivity contribution in [3.8, 4) is 11.3 Å². The Morgan fingerprint density at radius 2 is 1.83 bits per heavy atom. The van der Waals surface area contributed by atoms with Gasteiger partial charge in [-0.2, -0.15) is 0 Å². The number of hydrogen-bond acceptors (Lipinski definition) is 4. The lowest BCUT2D eigenvalue weighted by Crippen LogP contribution is -2.13. The fraction of sp³-hybridized carbons (Fsp3) is 0.240. The molecule has 0 N–H and O–H groups in total. The summed E-state index contributed by atoms with van der Waals surface area (Å²) in [6, 6.07) is 19.0. The van der Waals surface area contributed by atoms with E-state index in [-0.39, 0.29) is 0 Å². The maximum atomic E-state index is 4.59. The van der Waals surface area contributed by atoms with Gasteiger partial charge in [-0.15, -0.1) is 0 Å². The van der Waals surface area contributed by atoms with E-state index in [2.05, 4.69) is 69.8 Å². The largest absolute Gasteiger partial charge is 0.314 e. The molecule has 4 heteroatoms. The van der Waals surface area contributed by atoms with Crippen LogP contribution in [0.15, 0.2) is 84.9 Å². The molecule has 0 amide bonds. The van der Waals surface area contributed by atoms with Crippen LogP contribution in [0.5, 0.6) is 0 Å². The molecule has 1 atom stereocenters. The Hall–Kier alpha value is -3.27. The van der Waals surface area contributed by atoms with Crippen molar-refractivity contribution in [1.29, 1.82) is 0 Å². The number of anilines is 2. The molecule has 0 bridgehead atoms. The highest BCUT2D eigenvalue weighted by molar-refractivity contribution is 5.81. The van der Waals surface area contributed by atoms with Gasteiger partial charge in [0.15, 0.2) is 0 Å². The molecule has 3 aromatic rings. The number of para-hydroxylation sites is 1. The van der Waals surface area contributed by atoms with Crippen LogP contribution in [0.1, 0.15) is 32.3 Å². The van der Waals surface area contributed by atoms with Crippen molar-refractivity contribution in [3.63, 3.8) is 0 Å². The molecular weight excluding hydrogens is 356 g/mol. The summed E-state index contributed by atoms with van der Waals surface area (Å²) in [4.78, 5) is 15.5. The molecule has 4 nitrogen and oxygen atoms in total. The number of aromatic nitrogens is 2. The van der Waals surface area contributed by atoms with Crippen LogP contribution in [-0.4, -0.2) is 22.2 Å². The second-order valence-electron chi connectivity index (χ2n) is 6.81. The standard InChI is InChI=1S/C25H28N4/c1-4-22(27-5-2)17-16-20-12-10-11-15-23(20)29(6-3)24-18-26-19-28-25(24)21-13-8-7-9-14-21/h5-15,18-19,22H,3-4,16-17H2,1-2H3. The molecule has 2 aromatic carbocycles. The number of aliphatic imine (C=N–C) groups is 1. The maximum Gasteiger partial charge on any atom is 0.116 e. The molecule has 148 valence electrons. The highest BCUT2D eigenvalue weighted by Crippen LogP contribution is 2.35. The predicted molar refractivity (Wildman–Crippen MR) is 123 cm³/mol. The summed E-state index contributed by atoms with van der Waals surface area (Å²) in [7, 11) is 0. The Bertz CT molecular complexity index is 950. The lowest BCUT2D eigenvalue weighted by atomic mass is 10.0. The summed E-state index contributed by atoms with van der Waals surface area (Å²) in [6.07, 6.45) is 10.2. The van der Waals surface area contributed by atoms with Crippen molar-refractivity contribution in [2.45, 2.75) is 39.2 Å². The lowest BCUT2D eigenvalue weighted by molar-refractivity contribution is 0.600. The maximum absolute atomic E-state index is 4.59. The van der Waals surface area contributed by atoms with E-state index < -0.39 is 0 Å². The van der Waals surface area contributed by atoms with Crippen LogP contribution in [0.4, 0.5) is 11.4 Å². The second-order valence-corrected chi connectivity index (χ2v) is 6.81. The topological polar surface area (TPSA) is 41.4 Å². The van der Waals surface area contributed by atoms with Gasteiger partial charge in [-0.3, -0.25) is 4.99 Å². The zero-order valence-electron chi connectivity index (χ0n) is 17.2. The normalized spacial score (nSPS) is 12.1. The van der Waals surface area contributed by atoms with Crippen molar-refractivity contribution in [1.82, 2.24) is 9.97 Å². The molecule has 3 rings (SSSR count). The van der Waals surface area contributed by atoms with Gasteiger partial charge in [0.25, 0.3) is 0 Å². The molecule has 0 spiro atoms. The first-order valence-corrected chi connectivity index (χ1v) is 10.1. The van der Waals surface area contributed by atoms with Crippen LogP contribution in [-0.2, 0) is 6.42 Å². The summed E-state index contributed by atoms with van der Waals surface area (Å²) in [5, 5.41) is 0. The van der Waals surface area contributed by atoms with Crippen molar-refractivity contribution in [2.24, 2.45) is 4.99 Å². The van der Waals surface area contributed by atoms with E-state index in [0.29, 0.717) is 6.04 Å². The fourth-order valence-corrected chi connectivity index (χ4v) is 3.52. The molecule has 1 heterocycles. The minimum absolute atomic E-state index is 0.352. The molecule has 1 unspecified atom stereocenters. The molecule has 0 aliphatic rings. The Morgan fingerprint density at radius 3 is 2.55 bits per heavy atom. The third-order valence-corrected chi connectivity index (χ3v) is 5.01. The average Bonchev–Trinajstić information content (AvgIpc) is 2.79. The first-order valence-electron chi connectivity index (χ1n) is 10.1. The molecule has 0 saturated carbocycles. The van der Waals surface area contributed by atoms with E-state index >= 15 is 0 Å². The first-order chi connectivity index (χ1) is 14.3. The van der Waals surface area contributed by atoms with Gasteiger partial charge in [0.2, 0.25) is 0 Å². The van der Waals surface area contributed by atoms with E-state index in [1.165, 1.54) is 5.56 Å². The number of hydrogen-bond donors (Lipinski definition) is 0. The SMILES string of the molecule is C=CN(c1ccccc1CCC(CC)N=CC)c1cncnc1-c1ccccc1. The summed E-state index contributed by atoms with van der Waals surface area (Å²) >= 11 is 0. The fourth-order valence-electron chi connectivity index (χ4n) is 3.52. The van der Waals surface area contributed by atoms with Gasteiger partial charge in [-0.1, -0.05) is 62.0 Å². The van der Waals surface area contributed by atoms with E-state index in [1.807, 2.05) is 43.7 Å². The Labute approximate surface area is 173 Å². The van der Waals surface area contributed by atoms with E-state index in [9.17, 15) is 0 Å². The smallest absolute Gasteiger partial charge is 0.116 e. The second kappa shape index (κ2) is 10.3. The van der Waals surface area contributed by atoms with Crippen molar-refractivity contribution in [2.75, 3.05) is 4.90 Å². The highest BCUT2D eigenvalue weighted by atomic mass is 15.1. The van der Waals surface area contributed by atoms with Gasteiger partial charge in [0.05, 0.1) is 17.6 Å². The average molecular weight is 385 g/mol. The molecule has 0 radical (unpaired) electrons. The van der Waals surface area contributed by atoms with E-state index in [0.717, 1.165) is 41.9 Å². The summed E-state index contributed by atoms with van der Waals surface area (Å²) in [5.74, 6) is 0. The minimum atomic E-state index is 0.352. The van der Waals surface area contributed by atoms with Crippen LogP contribution >= 0.6 is 0 Å². The highest BCUT2D eigenvalue weighted by Gasteiger charge is 2.17. The molecule has 29 heavy (non-hydrogen) atoms. The minimum Gasteiger partial charge on any atom is -0.314 e. The van der Waals surface area contributed by atoms with Gasteiger partial charge in [-0.25, -0.2) is 9.97 Å². The van der Waals surface area contributed by atoms with Gasteiger partial charge >= 0.3 is 0 Å². The predicted octanol–water partition coefficient (Wildman–Crippen LogP) is 6.23. The number of rotatable bonds is 9. The third kappa shape index (κ3) is 4.96. The Kier molecular flexibility index (Phi) is 7.28. The Morgan fingerprint density at radius 1 is 1.07 bits per heavy atom. The zero-order valence-corrected chi connectivity index (χ0v) is 17.2. The van der Waals surface area contributed by atoms with Crippen LogP contribution in [0.3, 0.4) is 0 Å². The van der Waals surface area contributed by atoms with Crippen molar-refractivity contribution >= 4 is 17.6 Å². The molecule has 0 aliphatic carbocycles. The van der Waals surface area contributed by atoms with Crippen molar-refractivity contribution in [3.05, 3.63) is 85.5 Å². The summed E-state index contributed by atoms with van der Waals surface area (Å²) in [5.41, 5.74) is 5.22. The summed E-state index contributed by atoms with van der Waals surface area (Å²) < 4.78 is 0. The van der Waals surface area contributed by atoms with Crippen molar-refractivity contribution < 1.29 is 0 Å². The van der Waals surface area contributed by atoms with Crippen LogP contribution in [0, 0.1) is 0 Å². The third-order valence-electron chi connectivity index (χ3n) is 5.01. The zero-order chi connectivity index (χ0) is 20.5. The van der Waals surface area contributed by atoms with E-state index in [1.54, 1.807) is 6.33 Å². The van der Waals surface area contributed by atoms with Crippen LogP contribution in [0.25, 0.3) is 11.3 Å². The van der Waals surface area contributed by atoms with Gasteiger partial charge in [0, 0.05) is 23.5 Å². The van der Waals surface area contributed by atoms with Crippen LogP contribution in [0.2, 0.25) is 0 Å². The number of nitrogens with zero attached hydrogens (tertiary/aromatic N) is 4. The molecule has 0 fully saturated rings. The van der Waals surface area contributed by atoms with Gasteiger partial charge in [-0.05, 0) is 44.0 Å². The number of aryl methyl sites for hydroxylation is 1. The number of benzene rings is 2. The Balaban J connectivity index is 1.97. The van der Waals surface area contributed by atoms with Crippen LogP contribution < -0.4 is 4.90 Å². The van der Waals surface area contributed by atoms with E-state index in [4.69, 9.17) is 0 Å². The quantitative estimate of drug-likeness (QED) is 0.411. The van der Waals surface area contributed by atoms with Gasteiger partial charge < -0.3 is 4.90 Å². The lowest BCUT2D eigenvalue weighted by Gasteiger charge is -2.25. The first kappa shape index (κ1) is 20.5. The molecule has 0 saturated heterocycles.